The lowest BCUT2D eigenvalue weighted by molar-refractivity contribution is -0.139. The first-order valence-electron chi connectivity index (χ1n) is 7.37. The van der Waals surface area contributed by atoms with Crippen molar-refractivity contribution >= 4 is 28.8 Å². The van der Waals surface area contributed by atoms with Gasteiger partial charge in [0.05, 0.1) is 6.21 Å². The minimum Gasteiger partial charge on any atom is -0.507 e. The highest BCUT2D eigenvalue weighted by atomic mass is 16.3. The van der Waals surface area contributed by atoms with Crippen molar-refractivity contribution in [2.24, 2.45) is 5.10 Å². The van der Waals surface area contributed by atoms with E-state index in [4.69, 9.17) is 0 Å². The molecule has 2 aromatic carbocycles. The number of carbonyl (C=O) groups is 2. The van der Waals surface area contributed by atoms with Gasteiger partial charge in [0.2, 0.25) is 0 Å². The molecule has 3 N–H and O–H groups in total. The van der Waals surface area contributed by atoms with Crippen LogP contribution in [0.15, 0.2) is 41.5 Å². The zero-order valence-electron chi connectivity index (χ0n) is 13.0. The second kappa shape index (κ2) is 7.40. The first-order chi connectivity index (χ1) is 11.0. The monoisotopic (exact) mass is 313 g/mol. The summed E-state index contributed by atoms with van der Waals surface area (Å²) in [6, 6.07) is 10.7. The van der Waals surface area contributed by atoms with E-state index in [0.717, 1.165) is 17.2 Å². The van der Waals surface area contributed by atoms with E-state index >= 15 is 0 Å². The Bertz CT molecular complexity index is 756. The molecule has 0 saturated heterocycles. The summed E-state index contributed by atoms with van der Waals surface area (Å²) in [4.78, 5) is 23.2. The Labute approximate surface area is 134 Å². The average Bonchev–Trinajstić information content (AvgIpc) is 2.56. The maximum atomic E-state index is 11.6. The van der Waals surface area contributed by atoms with Gasteiger partial charge in [-0.15, -0.1) is 0 Å². The van der Waals surface area contributed by atoms with E-state index in [2.05, 4.69) is 15.8 Å². The predicted octanol–water partition coefficient (Wildman–Crippen LogP) is 1.91. The second-order valence-electron chi connectivity index (χ2n) is 5.20. The molecule has 2 aromatic rings. The number of nitrogens with zero attached hydrogens (tertiary/aromatic N) is 1. The summed E-state index contributed by atoms with van der Waals surface area (Å²) in [6.45, 7) is 3.72. The minimum atomic E-state index is -0.846. The van der Waals surface area contributed by atoms with Crippen LogP contribution in [0.25, 0.3) is 10.8 Å². The molecule has 2 rings (SSSR count). The van der Waals surface area contributed by atoms with Crippen molar-refractivity contribution < 1.29 is 14.7 Å². The molecule has 0 aliphatic heterocycles. The van der Waals surface area contributed by atoms with Crippen LogP contribution in [0, 0.1) is 0 Å². The molecule has 0 fully saturated rings. The van der Waals surface area contributed by atoms with Crippen LogP contribution in [0.1, 0.15) is 25.8 Å². The fourth-order valence-corrected chi connectivity index (χ4v) is 2.02. The van der Waals surface area contributed by atoms with Crippen LogP contribution in [0.4, 0.5) is 0 Å². The minimum absolute atomic E-state index is 0.0470. The first kappa shape index (κ1) is 16.5. The molecule has 0 unspecified atom stereocenters. The maximum absolute atomic E-state index is 11.6. The molecular formula is C17H19N3O3. The summed E-state index contributed by atoms with van der Waals surface area (Å²) >= 11 is 0. The summed E-state index contributed by atoms with van der Waals surface area (Å²) in [5.41, 5.74) is 2.64. The lowest BCUT2D eigenvalue weighted by atomic mass is 10.0. The molecule has 0 aromatic heterocycles. The predicted molar refractivity (Wildman–Crippen MR) is 89.2 cm³/mol. The van der Waals surface area contributed by atoms with E-state index in [-0.39, 0.29) is 11.8 Å². The molecule has 23 heavy (non-hydrogen) atoms. The van der Waals surface area contributed by atoms with Crippen molar-refractivity contribution in [3.63, 3.8) is 0 Å². The summed E-state index contributed by atoms with van der Waals surface area (Å²) in [5, 5.41) is 18.0. The van der Waals surface area contributed by atoms with Crippen LogP contribution in [0.2, 0.25) is 0 Å². The average molecular weight is 313 g/mol. The van der Waals surface area contributed by atoms with Crippen molar-refractivity contribution in [1.29, 1.82) is 0 Å². The number of hydrogen-bond donors (Lipinski definition) is 3. The van der Waals surface area contributed by atoms with Gasteiger partial charge < -0.3 is 10.4 Å². The Morgan fingerprint density at radius 2 is 1.96 bits per heavy atom. The fraction of sp³-hybridized carbons (Fsp3) is 0.235. The zero-order chi connectivity index (χ0) is 16.8. The Morgan fingerprint density at radius 1 is 1.22 bits per heavy atom. The molecule has 0 aliphatic rings. The van der Waals surface area contributed by atoms with Crippen molar-refractivity contribution in [2.45, 2.75) is 26.3 Å². The van der Waals surface area contributed by atoms with Gasteiger partial charge in [0, 0.05) is 11.6 Å². The normalized spacial score (nSPS) is 12.3. The third-order valence-corrected chi connectivity index (χ3v) is 3.50. The topological polar surface area (TPSA) is 90.8 Å². The zero-order valence-corrected chi connectivity index (χ0v) is 13.0. The van der Waals surface area contributed by atoms with Gasteiger partial charge in [0.1, 0.15) is 5.75 Å². The van der Waals surface area contributed by atoms with Crippen molar-refractivity contribution in [3.05, 3.63) is 42.0 Å². The number of phenolic OH excluding ortho intramolecular Hbond substituents is 1. The number of benzene rings is 2. The molecule has 6 heteroatoms. The number of hydrazone groups is 1. The fourth-order valence-electron chi connectivity index (χ4n) is 2.02. The SMILES string of the molecule is CC[C@H](C)NC(=O)C(=O)N/N=C\c1c(O)ccc2ccccc12. The highest BCUT2D eigenvalue weighted by molar-refractivity contribution is 6.35. The van der Waals surface area contributed by atoms with Crippen LogP contribution >= 0.6 is 0 Å². The molecule has 120 valence electrons. The van der Waals surface area contributed by atoms with E-state index in [0.29, 0.717) is 5.56 Å². The van der Waals surface area contributed by atoms with Gasteiger partial charge in [0.15, 0.2) is 0 Å². The quantitative estimate of drug-likeness (QED) is 0.457. The van der Waals surface area contributed by atoms with Gasteiger partial charge in [-0.05, 0) is 30.2 Å². The molecule has 2 amide bonds. The highest BCUT2D eigenvalue weighted by Gasteiger charge is 2.14. The number of rotatable bonds is 4. The van der Waals surface area contributed by atoms with Gasteiger partial charge in [0.25, 0.3) is 0 Å². The number of nitrogens with one attached hydrogen (secondary N) is 2. The van der Waals surface area contributed by atoms with Gasteiger partial charge in [-0.25, -0.2) is 5.43 Å². The molecule has 0 saturated carbocycles. The molecule has 0 aliphatic carbocycles. The van der Waals surface area contributed by atoms with E-state index in [1.54, 1.807) is 12.1 Å². The van der Waals surface area contributed by atoms with E-state index in [1.165, 1.54) is 6.21 Å². The Balaban J connectivity index is 2.11. The summed E-state index contributed by atoms with van der Waals surface area (Å²) in [7, 11) is 0. The van der Waals surface area contributed by atoms with Crippen LogP contribution in [-0.4, -0.2) is 29.2 Å². The number of hydrogen-bond acceptors (Lipinski definition) is 4. The standard InChI is InChI=1S/C17H19N3O3/c1-3-11(2)19-16(22)17(23)20-18-10-14-13-7-5-4-6-12(13)8-9-15(14)21/h4-11,21H,3H2,1-2H3,(H,19,22)(H,20,23)/b18-10-/t11-/m0/s1. The van der Waals surface area contributed by atoms with Gasteiger partial charge in [-0.2, -0.15) is 5.10 Å². The molecule has 0 heterocycles. The molecule has 1 atom stereocenters. The number of aromatic hydroxyl groups is 1. The Morgan fingerprint density at radius 3 is 2.70 bits per heavy atom. The van der Waals surface area contributed by atoms with E-state index in [9.17, 15) is 14.7 Å². The first-order valence-corrected chi connectivity index (χ1v) is 7.37. The van der Waals surface area contributed by atoms with Gasteiger partial charge in [-0.1, -0.05) is 37.3 Å². The molecule has 6 nitrogen and oxygen atoms in total. The second-order valence-corrected chi connectivity index (χ2v) is 5.20. The number of fused-ring (bicyclic) bond motifs is 1. The van der Waals surface area contributed by atoms with Crippen LogP contribution in [-0.2, 0) is 9.59 Å². The maximum Gasteiger partial charge on any atom is 0.329 e. The summed E-state index contributed by atoms with van der Waals surface area (Å²) in [5.74, 6) is -1.54. The van der Waals surface area contributed by atoms with Crippen molar-refractivity contribution in [2.75, 3.05) is 0 Å². The Kier molecular flexibility index (Phi) is 5.30. The molecule has 0 bridgehead atoms. The van der Waals surface area contributed by atoms with Crippen LogP contribution < -0.4 is 10.7 Å². The summed E-state index contributed by atoms with van der Waals surface area (Å²) in [6.07, 6.45) is 2.05. The Hall–Kier alpha value is -2.89. The van der Waals surface area contributed by atoms with Gasteiger partial charge in [-0.3, -0.25) is 9.59 Å². The van der Waals surface area contributed by atoms with Crippen molar-refractivity contribution in [1.82, 2.24) is 10.7 Å². The van der Waals surface area contributed by atoms with E-state index in [1.807, 2.05) is 38.1 Å². The smallest absolute Gasteiger partial charge is 0.329 e. The number of phenols is 1. The molecule has 0 spiro atoms. The van der Waals surface area contributed by atoms with Gasteiger partial charge >= 0.3 is 11.8 Å². The number of amides is 2. The molecular weight excluding hydrogens is 294 g/mol. The lowest BCUT2D eigenvalue weighted by Gasteiger charge is -2.09. The lowest BCUT2D eigenvalue weighted by Crippen LogP contribution is -2.41. The summed E-state index contributed by atoms with van der Waals surface area (Å²) < 4.78 is 0. The largest absolute Gasteiger partial charge is 0.507 e. The third-order valence-electron chi connectivity index (χ3n) is 3.50. The van der Waals surface area contributed by atoms with Crippen molar-refractivity contribution in [3.8, 4) is 5.75 Å². The van der Waals surface area contributed by atoms with Crippen LogP contribution in [0.5, 0.6) is 5.75 Å². The van der Waals surface area contributed by atoms with E-state index < -0.39 is 11.8 Å². The highest BCUT2D eigenvalue weighted by Crippen LogP contribution is 2.25. The number of carbonyl (C=O) groups excluding carboxylic acids is 2. The third kappa shape index (κ3) is 4.06. The molecule has 0 radical (unpaired) electrons. The van der Waals surface area contributed by atoms with Crippen LogP contribution in [0.3, 0.4) is 0 Å².